The molecule has 11 heteroatoms. The third-order valence-electron chi connectivity index (χ3n) is 5.45. The summed E-state index contributed by atoms with van der Waals surface area (Å²) in [6.07, 6.45) is -3.40. The monoisotopic (exact) mass is 543 g/mol. The third-order valence-corrected chi connectivity index (χ3v) is 5.73. The lowest BCUT2D eigenvalue weighted by Gasteiger charge is -2.15. The largest absolute Gasteiger partial charge is 0.490 e. The third kappa shape index (κ3) is 6.33. The van der Waals surface area contributed by atoms with Crippen molar-refractivity contribution < 1.29 is 27.6 Å². The lowest BCUT2D eigenvalue weighted by atomic mass is 10.1. The van der Waals surface area contributed by atoms with Crippen molar-refractivity contribution in [2.24, 2.45) is 5.10 Å². The molecule has 1 N–H and O–H groups in total. The Hall–Kier alpha value is -4.31. The number of alkyl halides is 3. The highest BCUT2D eigenvalue weighted by Crippen LogP contribution is 2.38. The predicted octanol–water partition coefficient (Wildman–Crippen LogP) is 7.84. The van der Waals surface area contributed by atoms with Gasteiger partial charge in [-0.15, -0.1) is 0 Å². The molecule has 0 aliphatic heterocycles. The van der Waals surface area contributed by atoms with Crippen LogP contribution in [0.25, 0.3) is 10.8 Å². The van der Waals surface area contributed by atoms with Gasteiger partial charge in [-0.3, -0.25) is 15.5 Å². The second kappa shape index (κ2) is 11.4. The predicted molar refractivity (Wildman–Crippen MR) is 140 cm³/mol. The van der Waals surface area contributed by atoms with Gasteiger partial charge < -0.3 is 9.47 Å². The van der Waals surface area contributed by atoms with Crippen LogP contribution in [0.1, 0.15) is 23.6 Å². The van der Waals surface area contributed by atoms with Crippen LogP contribution in [0.5, 0.6) is 11.5 Å². The van der Waals surface area contributed by atoms with Gasteiger partial charge in [0.25, 0.3) is 5.69 Å². The maximum Gasteiger partial charge on any atom is 0.416 e. The van der Waals surface area contributed by atoms with E-state index in [9.17, 15) is 23.3 Å². The summed E-state index contributed by atoms with van der Waals surface area (Å²) in [4.78, 5) is 10.3. The number of nitrogens with one attached hydrogen (secondary N) is 1. The van der Waals surface area contributed by atoms with E-state index in [0.29, 0.717) is 29.7 Å². The van der Waals surface area contributed by atoms with Crippen LogP contribution in [-0.4, -0.2) is 17.7 Å². The van der Waals surface area contributed by atoms with E-state index in [-0.39, 0.29) is 17.3 Å². The smallest absolute Gasteiger partial charge is 0.416 e. The summed E-state index contributed by atoms with van der Waals surface area (Å²) < 4.78 is 50.4. The number of ether oxygens (including phenoxy) is 2. The molecule has 0 spiro atoms. The molecule has 0 aliphatic rings. The van der Waals surface area contributed by atoms with Crippen molar-refractivity contribution in [1.82, 2.24) is 0 Å². The Morgan fingerprint density at radius 2 is 1.79 bits per heavy atom. The van der Waals surface area contributed by atoms with E-state index in [4.69, 9.17) is 21.1 Å². The maximum atomic E-state index is 12.9. The lowest BCUT2D eigenvalue weighted by molar-refractivity contribution is -0.384. The number of fused-ring (bicyclic) bond motifs is 1. The number of hydrazone groups is 1. The molecule has 0 radical (unpaired) electrons. The van der Waals surface area contributed by atoms with E-state index >= 15 is 0 Å². The number of nitrogens with zero attached hydrogens (tertiary/aromatic N) is 2. The van der Waals surface area contributed by atoms with Crippen molar-refractivity contribution in [3.63, 3.8) is 0 Å². The highest BCUT2D eigenvalue weighted by molar-refractivity contribution is 6.32. The lowest BCUT2D eigenvalue weighted by Crippen LogP contribution is -2.06. The van der Waals surface area contributed by atoms with Gasteiger partial charge in [-0.2, -0.15) is 18.3 Å². The highest BCUT2D eigenvalue weighted by atomic mass is 35.5. The Kier molecular flexibility index (Phi) is 8.02. The minimum atomic E-state index is -4.71. The van der Waals surface area contributed by atoms with Crippen molar-refractivity contribution in [2.75, 3.05) is 12.0 Å². The SMILES string of the molecule is CCOc1cc(/C=N\Nc2ccc(C(F)(F)F)cc2[N+](=O)[O-])cc(Cl)c1OCc1ccc2ccccc2c1. The van der Waals surface area contributed by atoms with E-state index in [0.717, 1.165) is 28.5 Å². The van der Waals surface area contributed by atoms with Gasteiger partial charge in [0.05, 0.1) is 28.3 Å². The Morgan fingerprint density at radius 1 is 1.03 bits per heavy atom. The molecular weight excluding hydrogens is 523 g/mol. The van der Waals surface area contributed by atoms with Crippen LogP contribution >= 0.6 is 11.6 Å². The van der Waals surface area contributed by atoms with Crippen molar-refractivity contribution in [3.8, 4) is 11.5 Å². The maximum absolute atomic E-state index is 12.9. The number of hydrogen-bond donors (Lipinski definition) is 1. The zero-order chi connectivity index (χ0) is 27.3. The Morgan fingerprint density at radius 3 is 2.50 bits per heavy atom. The van der Waals surface area contributed by atoms with Gasteiger partial charge in [0.15, 0.2) is 11.5 Å². The average Bonchev–Trinajstić information content (AvgIpc) is 2.87. The number of nitro groups is 1. The quantitative estimate of drug-likeness (QED) is 0.132. The first-order valence-corrected chi connectivity index (χ1v) is 11.7. The summed E-state index contributed by atoms with van der Waals surface area (Å²) in [7, 11) is 0. The van der Waals surface area contributed by atoms with E-state index in [1.807, 2.05) is 42.5 Å². The topological polar surface area (TPSA) is 86.0 Å². The van der Waals surface area contributed by atoms with E-state index in [2.05, 4.69) is 10.5 Å². The van der Waals surface area contributed by atoms with Crippen molar-refractivity contribution in [1.29, 1.82) is 0 Å². The number of anilines is 1. The molecule has 0 aliphatic carbocycles. The van der Waals surface area contributed by atoms with Gasteiger partial charge in [-0.05, 0) is 59.2 Å². The van der Waals surface area contributed by atoms with E-state index in [1.54, 1.807) is 19.1 Å². The molecule has 4 aromatic carbocycles. The standard InChI is InChI=1S/C27H21ClF3N3O4/c1-2-37-25-13-18(15-32-33-23-10-9-21(27(29,30)31)14-24(23)34(35)36)12-22(28)26(25)38-16-17-7-8-19-5-3-4-6-20(19)11-17/h3-15,33H,2,16H2,1H3/b32-15-. The van der Waals surface area contributed by atoms with Crippen LogP contribution in [0.4, 0.5) is 24.5 Å². The molecule has 0 unspecified atom stereocenters. The number of hydrogen-bond acceptors (Lipinski definition) is 6. The first kappa shape index (κ1) is 26.7. The number of nitro benzene ring substituents is 1. The number of rotatable bonds is 9. The van der Waals surface area contributed by atoms with Gasteiger partial charge in [0.2, 0.25) is 0 Å². The molecule has 7 nitrogen and oxygen atoms in total. The zero-order valence-corrected chi connectivity index (χ0v) is 20.7. The minimum absolute atomic E-state index is 0.203. The number of benzene rings is 4. The van der Waals surface area contributed by atoms with Crippen LogP contribution in [0, 0.1) is 10.1 Å². The molecule has 38 heavy (non-hydrogen) atoms. The summed E-state index contributed by atoms with van der Waals surface area (Å²) in [6, 6.07) is 19.3. The van der Waals surface area contributed by atoms with Crippen LogP contribution in [0.3, 0.4) is 0 Å². The van der Waals surface area contributed by atoms with E-state index < -0.39 is 22.4 Å². The molecule has 196 valence electrons. The van der Waals surface area contributed by atoms with Gasteiger partial charge in [-0.25, -0.2) is 0 Å². The van der Waals surface area contributed by atoms with Crippen LogP contribution in [-0.2, 0) is 12.8 Å². The van der Waals surface area contributed by atoms with Crippen LogP contribution in [0.15, 0.2) is 77.9 Å². The van der Waals surface area contributed by atoms with Crippen LogP contribution in [0.2, 0.25) is 5.02 Å². The Labute approximate surface area is 220 Å². The second-order valence-corrected chi connectivity index (χ2v) is 8.50. The van der Waals surface area contributed by atoms with Gasteiger partial charge >= 0.3 is 6.18 Å². The highest BCUT2D eigenvalue weighted by Gasteiger charge is 2.33. The summed E-state index contributed by atoms with van der Waals surface area (Å²) in [5, 5.41) is 17.6. The molecule has 0 aromatic heterocycles. The zero-order valence-electron chi connectivity index (χ0n) is 20.0. The first-order valence-electron chi connectivity index (χ1n) is 11.4. The second-order valence-electron chi connectivity index (χ2n) is 8.09. The molecule has 0 saturated heterocycles. The molecule has 0 bridgehead atoms. The molecule has 0 atom stereocenters. The minimum Gasteiger partial charge on any atom is -0.490 e. The fourth-order valence-electron chi connectivity index (χ4n) is 3.68. The molecule has 4 rings (SSSR count). The Bertz CT molecular complexity index is 1510. The molecule has 0 amide bonds. The normalized spacial score (nSPS) is 11.6. The molecule has 0 fully saturated rings. The van der Waals surface area contributed by atoms with E-state index in [1.165, 1.54) is 6.21 Å². The summed E-state index contributed by atoms with van der Waals surface area (Å²) in [5.74, 6) is 0.702. The molecular formula is C27H21ClF3N3O4. The molecule has 0 saturated carbocycles. The first-order chi connectivity index (χ1) is 18.2. The van der Waals surface area contributed by atoms with Gasteiger partial charge in [0, 0.05) is 6.07 Å². The molecule has 4 aromatic rings. The van der Waals surface area contributed by atoms with Gasteiger partial charge in [-0.1, -0.05) is 48.0 Å². The fourth-order valence-corrected chi connectivity index (χ4v) is 3.95. The summed E-state index contributed by atoms with van der Waals surface area (Å²) >= 11 is 6.47. The van der Waals surface area contributed by atoms with Crippen molar-refractivity contribution in [3.05, 3.63) is 105 Å². The average molecular weight is 544 g/mol. The van der Waals surface area contributed by atoms with Gasteiger partial charge in [0.1, 0.15) is 12.3 Å². The number of halogens is 4. The Balaban J connectivity index is 1.52. The fraction of sp³-hybridized carbons (Fsp3) is 0.148. The van der Waals surface area contributed by atoms with Crippen LogP contribution < -0.4 is 14.9 Å². The molecule has 0 heterocycles. The summed E-state index contributed by atoms with van der Waals surface area (Å²) in [5.41, 5.74) is 1.73. The summed E-state index contributed by atoms with van der Waals surface area (Å²) in [6.45, 7) is 2.38. The van der Waals surface area contributed by atoms with Crippen molar-refractivity contribution in [2.45, 2.75) is 19.7 Å². The van der Waals surface area contributed by atoms with Crippen molar-refractivity contribution >= 4 is 40.0 Å².